The number of hydrogen-bond acceptors (Lipinski definition) is 4. The fourth-order valence-corrected chi connectivity index (χ4v) is 1.51. The van der Waals surface area contributed by atoms with E-state index >= 15 is 0 Å². The third-order valence-corrected chi connectivity index (χ3v) is 2.20. The molecule has 4 heteroatoms. The van der Waals surface area contributed by atoms with E-state index in [9.17, 15) is 0 Å². The minimum atomic E-state index is 0.248. The predicted molar refractivity (Wildman–Crippen MR) is 40.3 cm³/mol. The van der Waals surface area contributed by atoms with Crippen molar-refractivity contribution in [1.29, 1.82) is 0 Å². The van der Waals surface area contributed by atoms with Crippen LogP contribution in [0.4, 0.5) is 0 Å². The van der Waals surface area contributed by atoms with Gasteiger partial charge in [0, 0.05) is 12.5 Å². The van der Waals surface area contributed by atoms with Crippen molar-refractivity contribution in [3.05, 3.63) is 0 Å². The lowest BCUT2D eigenvalue weighted by Crippen LogP contribution is -2.19. The van der Waals surface area contributed by atoms with Crippen LogP contribution < -0.4 is 5.73 Å². The average molecular weight is 156 g/mol. The van der Waals surface area contributed by atoms with Crippen molar-refractivity contribution < 1.29 is 9.47 Å². The number of nitrogens with zero attached hydrogens (tertiary/aromatic N) is 1. The first kappa shape index (κ1) is 6.91. The Morgan fingerprint density at radius 3 is 2.91 bits per heavy atom. The van der Waals surface area contributed by atoms with Gasteiger partial charge in [0.2, 0.25) is 0 Å². The lowest BCUT2D eigenvalue weighted by molar-refractivity contribution is 0.175. The Morgan fingerprint density at radius 2 is 2.36 bits per heavy atom. The molecule has 2 N–H and O–H groups in total. The van der Waals surface area contributed by atoms with Crippen LogP contribution in [0.3, 0.4) is 0 Å². The van der Waals surface area contributed by atoms with Crippen LogP contribution in [-0.4, -0.2) is 31.9 Å². The molecule has 2 rings (SSSR count). The quantitative estimate of drug-likeness (QED) is 0.569. The second-order valence-corrected chi connectivity index (χ2v) is 2.97. The second-order valence-electron chi connectivity index (χ2n) is 2.97. The molecule has 0 amide bonds. The van der Waals surface area contributed by atoms with Gasteiger partial charge in [-0.1, -0.05) is 0 Å². The van der Waals surface area contributed by atoms with E-state index in [1.165, 1.54) is 0 Å². The smallest absolute Gasteiger partial charge is 0.282 e. The minimum absolute atomic E-state index is 0.248. The molecule has 0 saturated carbocycles. The zero-order valence-corrected chi connectivity index (χ0v) is 6.32. The van der Waals surface area contributed by atoms with Gasteiger partial charge < -0.3 is 15.2 Å². The van der Waals surface area contributed by atoms with Crippen molar-refractivity contribution >= 4 is 6.02 Å². The van der Waals surface area contributed by atoms with Crippen molar-refractivity contribution in [1.82, 2.24) is 0 Å². The highest BCUT2D eigenvalue weighted by Gasteiger charge is 2.29. The first-order valence-electron chi connectivity index (χ1n) is 3.90. The Kier molecular flexibility index (Phi) is 1.69. The van der Waals surface area contributed by atoms with E-state index in [4.69, 9.17) is 15.2 Å². The fourth-order valence-electron chi connectivity index (χ4n) is 1.51. The highest BCUT2D eigenvalue weighted by molar-refractivity contribution is 5.73. The lowest BCUT2D eigenvalue weighted by atomic mass is 10.0. The Morgan fingerprint density at radius 1 is 1.45 bits per heavy atom. The SMILES string of the molecule is NC1=NC(C2CCOC2)CO1. The summed E-state index contributed by atoms with van der Waals surface area (Å²) in [7, 11) is 0. The number of hydrogen-bond donors (Lipinski definition) is 1. The summed E-state index contributed by atoms with van der Waals surface area (Å²) in [6.07, 6.45) is 1.09. The highest BCUT2D eigenvalue weighted by Crippen LogP contribution is 2.21. The van der Waals surface area contributed by atoms with E-state index in [1.807, 2.05) is 0 Å². The molecule has 11 heavy (non-hydrogen) atoms. The van der Waals surface area contributed by atoms with Gasteiger partial charge in [-0.25, -0.2) is 4.99 Å². The summed E-state index contributed by atoms with van der Waals surface area (Å²) in [4.78, 5) is 4.16. The summed E-state index contributed by atoms with van der Waals surface area (Å²) >= 11 is 0. The van der Waals surface area contributed by atoms with Crippen LogP contribution in [-0.2, 0) is 9.47 Å². The van der Waals surface area contributed by atoms with Crippen molar-refractivity contribution in [3.63, 3.8) is 0 Å². The Bertz CT molecular complexity index is 175. The van der Waals surface area contributed by atoms with Crippen molar-refractivity contribution in [2.45, 2.75) is 12.5 Å². The molecule has 2 unspecified atom stereocenters. The largest absolute Gasteiger partial charge is 0.463 e. The molecule has 0 aromatic heterocycles. The molecule has 0 spiro atoms. The molecular formula is C7H12N2O2. The summed E-state index contributed by atoms with van der Waals surface area (Å²) in [5.74, 6) is 0.524. The van der Waals surface area contributed by atoms with Gasteiger partial charge in [0.25, 0.3) is 6.02 Å². The van der Waals surface area contributed by atoms with Crippen LogP contribution in [0.15, 0.2) is 4.99 Å². The molecule has 2 aliphatic rings. The monoisotopic (exact) mass is 156 g/mol. The molecule has 0 bridgehead atoms. The number of ether oxygens (including phenoxy) is 2. The van der Waals surface area contributed by atoms with E-state index in [1.54, 1.807) is 0 Å². The molecule has 1 fully saturated rings. The third-order valence-electron chi connectivity index (χ3n) is 2.20. The first-order chi connectivity index (χ1) is 5.36. The summed E-state index contributed by atoms with van der Waals surface area (Å²) in [6.45, 7) is 2.31. The van der Waals surface area contributed by atoms with Crippen LogP contribution in [0.1, 0.15) is 6.42 Å². The number of nitrogens with two attached hydrogens (primary N) is 1. The molecule has 2 aliphatic heterocycles. The normalized spacial score (nSPS) is 36.9. The maximum Gasteiger partial charge on any atom is 0.282 e. The topological polar surface area (TPSA) is 56.8 Å². The van der Waals surface area contributed by atoms with E-state index in [0.29, 0.717) is 18.5 Å². The molecule has 1 saturated heterocycles. The minimum Gasteiger partial charge on any atom is -0.463 e. The lowest BCUT2D eigenvalue weighted by Gasteiger charge is -2.10. The number of amidine groups is 1. The van der Waals surface area contributed by atoms with E-state index in [-0.39, 0.29) is 6.04 Å². The number of aliphatic imine (C=N–C) groups is 1. The van der Waals surface area contributed by atoms with Gasteiger partial charge in [0.05, 0.1) is 12.6 Å². The Labute approximate surface area is 65.4 Å². The fraction of sp³-hybridized carbons (Fsp3) is 0.857. The molecule has 0 aromatic rings. The average Bonchev–Trinajstić information content (AvgIpc) is 2.55. The molecule has 4 nitrogen and oxygen atoms in total. The predicted octanol–water partition coefficient (Wildman–Crippen LogP) is -0.264. The van der Waals surface area contributed by atoms with Gasteiger partial charge in [-0.15, -0.1) is 0 Å². The Balaban J connectivity index is 1.95. The molecule has 2 heterocycles. The van der Waals surface area contributed by atoms with Crippen molar-refractivity contribution in [2.24, 2.45) is 16.6 Å². The zero-order chi connectivity index (χ0) is 7.68. The standard InChI is InChI=1S/C7H12N2O2/c8-7-9-6(4-11-7)5-1-2-10-3-5/h5-6H,1-4H2,(H2,8,9). The molecule has 0 radical (unpaired) electrons. The molecular weight excluding hydrogens is 144 g/mol. The number of rotatable bonds is 1. The van der Waals surface area contributed by atoms with Gasteiger partial charge in [0.1, 0.15) is 6.61 Å². The maximum absolute atomic E-state index is 5.38. The van der Waals surface area contributed by atoms with Gasteiger partial charge in [-0.2, -0.15) is 0 Å². The van der Waals surface area contributed by atoms with E-state index in [0.717, 1.165) is 19.6 Å². The molecule has 0 aromatic carbocycles. The second kappa shape index (κ2) is 2.70. The summed E-state index contributed by atoms with van der Waals surface area (Å²) in [5, 5.41) is 0. The Hall–Kier alpha value is -0.770. The van der Waals surface area contributed by atoms with Crippen molar-refractivity contribution in [2.75, 3.05) is 19.8 Å². The van der Waals surface area contributed by atoms with Crippen LogP contribution in [0, 0.1) is 5.92 Å². The third kappa shape index (κ3) is 1.30. The van der Waals surface area contributed by atoms with Crippen LogP contribution in [0.25, 0.3) is 0 Å². The first-order valence-corrected chi connectivity index (χ1v) is 3.90. The molecule has 62 valence electrons. The van der Waals surface area contributed by atoms with Crippen LogP contribution in [0.2, 0.25) is 0 Å². The van der Waals surface area contributed by atoms with Crippen LogP contribution >= 0.6 is 0 Å². The zero-order valence-electron chi connectivity index (χ0n) is 6.32. The van der Waals surface area contributed by atoms with Crippen molar-refractivity contribution in [3.8, 4) is 0 Å². The molecule has 0 aliphatic carbocycles. The van der Waals surface area contributed by atoms with Crippen LogP contribution in [0.5, 0.6) is 0 Å². The van der Waals surface area contributed by atoms with E-state index in [2.05, 4.69) is 4.99 Å². The van der Waals surface area contributed by atoms with Gasteiger partial charge in [-0.05, 0) is 6.42 Å². The summed E-state index contributed by atoms with van der Waals surface area (Å²) in [6, 6.07) is 0.583. The van der Waals surface area contributed by atoms with E-state index < -0.39 is 0 Å². The van der Waals surface area contributed by atoms with Gasteiger partial charge in [-0.3, -0.25) is 0 Å². The maximum atomic E-state index is 5.38. The molecule has 2 atom stereocenters. The van der Waals surface area contributed by atoms with Gasteiger partial charge in [0.15, 0.2) is 0 Å². The van der Waals surface area contributed by atoms with Gasteiger partial charge >= 0.3 is 0 Å². The summed E-state index contributed by atoms with van der Waals surface area (Å²) < 4.78 is 10.3. The summed E-state index contributed by atoms with van der Waals surface area (Å²) in [5.41, 5.74) is 5.38. The highest BCUT2D eigenvalue weighted by atomic mass is 16.5.